The van der Waals surface area contributed by atoms with Crippen LogP contribution >= 0.6 is 0 Å². The molecular weight excluding hydrogens is 304 g/mol. The van der Waals surface area contributed by atoms with Gasteiger partial charge in [0.25, 0.3) is 0 Å². The molecule has 8 nitrogen and oxygen atoms in total. The normalized spacial score (nSPS) is 14.7. The van der Waals surface area contributed by atoms with E-state index in [2.05, 4.69) is 5.32 Å². The van der Waals surface area contributed by atoms with Crippen LogP contribution in [0.3, 0.4) is 0 Å². The van der Waals surface area contributed by atoms with Gasteiger partial charge in [-0.25, -0.2) is 0 Å². The molecule has 0 aliphatic carbocycles. The average molecular weight is 318 g/mol. The Balaban J connectivity index is 2.20. The van der Waals surface area contributed by atoms with Crippen molar-refractivity contribution in [3.05, 3.63) is 35.9 Å². The van der Waals surface area contributed by atoms with Gasteiger partial charge in [0.1, 0.15) is 0 Å². The second-order valence-electron chi connectivity index (χ2n) is 4.76. The van der Waals surface area contributed by atoms with Crippen LogP contribution in [0.15, 0.2) is 30.4 Å². The van der Waals surface area contributed by atoms with E-state index in [-0.39, 0.29) is 11.3 Å². The molecule has 0 spiro atoms. The Kier molecular flexibility index (Phi) is 5.32. The number of aliphatic carboxylic acids is 1. The van der Waals surface area contributed by atoms with E-state index in [1.54, 1.807) is 6.07 Å². The highest BCUT2D eigenvalue weighted by molar-refractivity contribution is 6.03. The Morgan fingerprint density at radius 3 is 2.43 bits per heavy atom. The molecule has 0 atom stereocenters. The number of carbonyl (C=O) groups is 3. The largest absolute Gasteiger partial charge is 0.545 e. The molecule has 1 heterocycles. The molecule has 1 aromatic carbocycles. The molecule has 23 heavy (non-hydrogen) atoms. The van der Waals surface area contributed by atoms with Crippen molar-refractivity contribution in [2.75, 3.05) is 36.5 Å². The Morgan fingerprint density at radius 2 is 1.83 bits per heavy atom. The molecule has 1 saturated heterocycles. The van der Waals surface area contributed by atoms with Gasteiger partial charge in [0, 0.05) is 36.1 Å². The number of carboxylic acid groups (broad SMARTS) is 2. The van der Waals surface area contributed by atoms with Crippen molar-refractivity contribution in [1.82, 2.24) is 0 Å². The summed E-state index contributed by atoms with van der Waals surface area (Å²) in [6.45, 7) is 2.11. The van der Waals surface area contributed by atoms with Crippen LogP contribution in [0.1, 0.15) is 10.4 Å². The predicted molar refractivity (Wildman–Crippen MR) is 76.6 cm³/mol. The maximum absolute atomic E-state index is 11.5. The second kappa shape index (κ2) is 7.41. The van der Waals surface area contributed by atoms with E-state index < -0.39 is 17.8 Å². The standard InChI is InChI=1S/C15H16N2O6/c18-13(3-4-14(19)20)16-10-1-2-12(11(9-10)15(21)22)17-5-7-23-8-6-17/h1-4,9H,5-8H2,(H,16,18)(H,19,20)(H,21,22)/p-2. The highest BCUT2D eigenvalue weighted by Crippen LogP contribution is 2.25. The van der Waals surface area contributed by atoms with E-state index in [0.29, 0.717) is 38.1 Å². The Labute approximate surface area is 132 Å². The Bertz CT molecular complexity index is 649. The van der Waals surface area contributed by atoms with Crippen molar-refractivity contribution in [2.24, 2.45) is 0 Å². The number of nitrogens with one attached hydrogen (secondary N) is 1. The van der Waals surface area contributed by atoms with Crippen molar-refractivity contribution in [3.63, 3.8) is 0 Å². The molecule has 1 N–H and O–H groups in total. The summed E-state index contributed by atoms with van der Waals surface area (Å²) in [6.07, 6.45) is 1.36. The van der Waals surface area contributed by atoms with Gasteiger partial charge in [-0.3, -0.25) is 4.79 Å². The monoisotopic (exact) mass is 318 g/mol. The maximum Gasteiger partial charge on any atom is 0.248 e. The molecule has 0 aromatic heterocycles. The van der Waals surface area contributed by atoms with Crippen molar-refractivity contribution in [1.29, 1.82) is 0 Å². The number of morpholine rings is 1. The fourth-order valence-corrected chi connectivity index (χ4v) is 2.18. The molecule has 0 saturated carbocycles. The smallest absolute Gasteiger partial charge is 0.248 e. The predicted octanol–water partition coefficient (Wildman–Crippen LogP) is -1.87. The molecule has 0 radical (unpaired) electrons. The third-order valence-electron chi connectivity index (χ3n) is 3.21. The lowest BCUT2D eigenvalue weighted by Gasteiger charge is -2.31. The number of aromatic carboxylic acids is 1. The number of hydrogen-bond donors (Lipinski definition) is 1. The van der Waals surface area contributed by atoms with Crippen molar-refractivity contribution in [3.8, 4) is 0 Å². The van der Waals surface area contributed by atoms with Crippen molar-refractivity contribution in [2.45, 2.75) is 0 Å². The highest BCUT2D eigenvalue weighted by Gasteiger charge is 2.16. The zero-order chi connectivity index (χ0) is 16.8. The highest BCUT2D eigenvalue weighted by atomic mass is 16.5. The summed E-state index contributed by atoms with van der Waals surface area (Å²) in [4.78, 5) is 34.9. The van der Waals surface area contributed by atoms with Crippen LogP contribution in [0.25, 0.3) is 0 Å². The van der Waals surface area contributed by atoms with Gasteiger partial charge in [0.05, 0.1) is 25.2 Å². The molecular formula is C15H14N2O6-2. The van der Waals surface area contributed by atoms with Gasteiger partial charge in [0.15, 0.2) is 0 Å². The van der Waals surface area contributed by atoms with Gasteiger partial charge in [0.2, 0.25) is 5.91 Å². The molecule has 1 aliphatic heterocycles. The minimum atomic E-state index is -1.50. The lowest BCUT2D eigenvalue weighted by molar-refractivity contribution is -0.297. The van der Waals surface area contributed by atoms with Gasteiger partial charge >= 0.3 is 0 Å². The van der Waals surface area contributed by atoms with Crippen LogP contribution in [0.5, 0.6) is 0 Å². The maximum atomic E-state index is 11.5. The van der Waals surface area contributed by atoms with Gasteiger partial charge in [-0.15, -0.1) is 0 Å². The summed E-state index contributed by atoms with van der Waals surface area (Å²) >= 11 is 0. The lowest BCUT2D eigenvalue weighted by Crippen LogP contribution is -2.38. The SMILES string of the molecule is O=C([O-])C=CC(=O)Nc1ccc(N2CCOCC2)c(C(=O)[O-])c1. The molecule has 1 amide bonds. The van der Waals surface area contributed by atoms with E-state index in [9.17, 15) is 24.6 Å². The number of carbonyl (C=O) groups excluding carboxylic acids is 3. The first-order valence-corrected chi connectivity index (χ1v) is 6.85. The molecule has 1 aromatic rings. The van der Waals surface area contributed by atoms with E-state index in [1.165, 1.54) is 12.1 Å². The zero-order valence-corrected chi connectivity index (χ0v) is 12.1. The Hall–Kier alpha value is -2.87. The summed E-state index contributed by atoms with van der Waals surface area (Å²) in [5.74, 6) is -3.58. The van der Waals surface area contributed by atoms with Crippen LogP contribution in [0.4, 0.5) is 11.4 Å². The lowest BCUT2D eigenvalue weighted by atomic mass is 10.1. The number of carboxylic acids is 2. The van der Waals surface area contributed by atoms with Gasteiger partial charge in [-0.05, 0) is 24.3 Å². The third kappa shape index (κ3) is 4.55. The van der Waals surface area contributed by atoms with E-state index in [1.807, 2.05) is 4.90 Å². The van der Waals surface area contributed by atoms with Crippen LogP contribution in [0.2, 0.25) is 0 Å². The molecule has 8 heteroatoms. The van der Waals surface area contributed by atoms with Gasteiger partial charge < -0.3 is 34.8 Å². The van der Waals surface area contributed by atoms with Crippen LogP contribution < -0.4 is 20.4 Å². The molecule has 1 fully saturated rings. The van der Waals surface area contributed by atoms with Crippen LogP contribution in [-0.4, -0.2) is 44.1 Å². The minimum Gasteiger partial charge on any atom is -0.545 e. The van der Waals surface area contributed by atoms with Gasteiger partial charge in [-0.1, -0.05) is 0 Å². The van der Waals surface area contributed by atoms with Gasteiger partial charge in [-0.2, -0.15) is 0 Å². The summed E-state index contributed by atoms with van der Waals surface area (Å²) in [6, 6.07) is 4.36. The van der Waals surface area contributed by atoms with Crippen molar-refractivity contribution < 1.29 is 29.3 Å². The minimum absolute atomic E-state index is 0.0615. The quantitative estimate of drug-likeness (QED) is 0.631. The molecule has 2 rings (SSSR count). The van der Waals surface area contributed by atoms with E-state index in [4.69, 9.17) is 4.74 Å². The number of nitrogens with zero attached hydrogens (tertiary/aromatic N) is 1. The zero-order valence-electron chi connectivity index (χ0n) is 12.1. The second-order valence-corrected chi connectivity index (χ2v) is 4.76. The first kappa shape index (κ1) is 16.5. The average Bonchev–Trinajstić information content (AvgIpc) is 2.53. The number of hydrogen-bond acceptors (Lipinski definition) is 7. The molecule has 0 unspecified atom stereocenters. The number of anilines is 2. The Morgan fingerprint density at radius 1 is 1.13 bits per heavy atom. The number of amides is 1. The third-order valence-corrected chi connectivity index (χ3v) is 3.21. The number of ether oxygens (including phenoxy) is 1. The van der Waals surface area contributed by atoms with E-state index >= 15 is 0 Å². The topological polar surface area (TPSA) is 122 Å². The summed E-state index contributed by atoms with van der Waals surface area (Å²) in [5, 5.41) is 23.9. The first-order valence-electron chi connectivity index (χ1n) is 6.85. The van der Waals surface area contributed by atoms with Crippen molar-refractivity contribution >= 4 is 29.2 Å². The fraction of sp³-hybridized carbons (Fsp3) is 0.267. The molecule has 1 aliphatic rings. The summed E-state index contributed by atoms with van der Waals surface area (Å²) in [7, 11) is 0. The molecule has 122 valence electrons. The van der Waals surface area contributed by atoms with E-state index in [0.717, 1.165) is 6.08 Å². The van der Waals surface area contributed by atoms with Crippen LogP contribution in [-0.2, 0) is 14.3 Å². The fourth-order valence-electron chi connectivity index (χ4n) is 2.18. The number of benzene rings is 1. The number of rotatable bonds is 5. The molecule has 0 bridgehead atoms. The van der Waals surface area contributed by atoms with Crippen LogP contribution in [0, 0.1) is 0 Å². The summed E-state index contributed by atoms with van der Waals surface area (Å²) in [5.41, 5.74) is 0.638. The summed E-state index contributed by atoms with van der Waals surface area (Å²) < 4.78 is 5.22. The first-order chi connectivity index (χ1) is 11.0.